The second-order valence-corrected chi connectivity index (χ2v) is 15.1. The lowest BCUT2D eigenvalue weighted by molar-refractivity contribution is -0.384. The maximum atomic E-state index is 15.4. The third kappa shape index (κ3) is 6.09. The zero-order chi connectivity index (χ0) is 41.4. The standard InChI is InChI=1S/C40H29Cl2F3N4O9/c1-57-23-8-5-19(6-9-23)39-29(36(52)48(38(39)54)46-31-13-7-20(41)15-30(31)42)18-27-25(34(39)28-17-24(10-14-32(28)50)58-40(43,44)45)11-12-26-33(27)37(53)47(35(26)51)21-3-2-4-22(16-21)49(55)56/h2-11,13-17,26-27,29,33-34,46,50H,12,18H2,1H3/t26-,27+,29-,33-,34+,39+/m0/s1. The van der Waals surface area contributed by atoms with Gasteiger partial charge in [-0.3, -0.25) is 34.7 Å². The summed E-state index contributed by atoms with van der Waals surface area (Å²) in [7, 11) is 1.42. The molecule has 8 rings (SSSR count). The van der Waals surface area contributed by atoms with Crippen molar-refractivity contribution < 1.29 is 51.9 Å². The zero-order valence-electron chi connectivity index (χ0n) is 29.9. The molecule has 1 saturated carbocycles. The fourth-order valence-electron chi connectivity index (χ4n) is 9.15. The van der Waals surface area contributed by atoms with Gasteiger partial charge in [0, 0.05) is 28.6 Å². The van der Waals surface area contributed by atoms with E-state index in [0.717, 1.165) is 34.2 Å². The number of hydrogen-bond acceptors (Lipinski definition) is 10. The van der Waals surface area contributed by atoms with E-state index < -0.39 is 81.4 Å². The number of nitrogens with one attached hydrogen (secondary N) is 1. The number of phenols is 1. The van der Waals surface area contributed by atoms with Gasteiger partial charge in [-0.05, 0) is 78.9 Å². The number of amides is 4. The molecule has 0 aromatic heterocycles. The van der Waals surface area contributed by atoms with Gasteiger partial charge in [-0.2, -0.15) is 5.01 Å². The number of alkyl halides is 3. The molecule has 2 heterocycles. The number of ether oxygens (including phenoxy) is 2. The fourth-order valence-corrected chi connectivity index (χ4v) is 9.60. The first-order chi connectivity index (χ1) is 27.5. The van der Waals surface area contributed by atoms with Crippen molar-refractivity contribution in [3.8, 4) is 17.2 Å². The number of allylic oxidation sites excluding steroid dienone is 2. The second-order valence-electron chi connectivity index (χ2n) is 14.3. The van der Waals surface area contributed by atoms with Gasteiger partial charge in [0.15, 0.2) is 0 Å². The number of fused-ring (bicyclic) bond motifs is 4. The molecule has 3 fully saturated rings. The number of nitro benzene ring substituents is 1. The maximum absolute atomic E-state index is 15.4. The number of nitrogens with zero attached hydrogens (tertiary/aromatic N) is 3. The van der Waals surface area contributed by atoms with E-state index in [-0.39, 0.29) is 51.1 Å². The molecular weight excluding hydrogens is 808 g/mol. The van der Waals surface area contributed by atoms with Crippen LogP contribution in [0.25, 0.3) is 0 Å². The minimum Gasteiger partial charge on any atom is -0.508 e. The first-order valence-electron chi connectivity index (χ1n) is 17.7. The molecule has 0 spiro atoms. The number of benzene rings is 4. The lowest BCUT2D eigenvalue weighted by Gasteiger charge is -2.50. The molecule has 0 bridgehead atoms. The Kier molecular flexibility index (Phi) is 9.39. The Balaban J connectivity index is 1.35. The molecule has 4 aromatic carbocycles. The van der Waals surface area contributed by atoms with Crippen LogP contribution in [0.1, 0.15) is 29.9 Å². The van der Waals surface area contributed by atoms with Gasteiger partial charge < -0.3 is 14.6 Å². The number of imide groups is 2. The van der Waals surface area contributed by atoms with Crippen LogP contribution in [0.2, 0.25) is 10.0 Å². The average Bonchev–Trinajstić information content (AvgIpc) is 3.56. The van der Waals surface area contributed by atoms with Crippen LogP contribution in [0, 0.1) is 33.8 Å². The van der Waals surface area contributed by atoms with Crippen LogP contribution >= 0.6 is 23.2 Å². The molecule has 298 valence electrons. The summed E-state index contributed by atoms with van der Waals surface area (Å²) in [5.41, 5.74) is 0.799. The summed E-state index contributed by atoms with van der Waals surface area (Å²) < 4.78 is 50.6. The van der Waals surface area contributed by atoms with E-state index in [1.807, 2.05) is 0 Å². The second kappa shape index (κ2) is 14.1. The number of aromatic hydroxyl groups is 1. The summed E-state index contributed by atoms with van der Waals surface area (Å²) in [5, 5.41) is 24.3. The normalized spacial score (nSPS) is 25.2. The van der Waals surface area contributed by atoms with Crippen molar-refractivity contribution in [2.24, 2.45) is 23.7 Å². The minimum atomic E-state index is -5.15. The molecular formula is C40H29Cl2F3N4O9. The first-order valence-corrected chi connectivity index (χ1v) is 18.5. The Hall–Kier alpha value is -6.13. The van der Waals surface area contributed by atoms with Crippen LogP contribution in [-0.4, -0.2) is 52.1 Å². The highest BCUT2D eigenvalue weighted by molar-refractivity contribution is 6.36. The van der Waals surface area contributed by atoms with Gasteiger partial charge in [0.25, 0.3) is 17.5 Å². The Morgan fingerprint density at radius 1 is 0.914 bits per heavy atom. The number of non-ortho nitro benzene ring substituents is 1. The van der Waals surface area contributed by atoms with E-state index in [1.54, 1.807) is 18.2 Å². The van der Waals surface area contributed by atoms with Gasteiger partial charge in [0.05, 0.1) is 51.6 Å². The van der Waals surface area contributed by atoms with Crippen molar-refractivity contribution in [2.45, 2.75) is 30.5 Å². The summed E-state index contributed by atoms with van der Waals surface area (Å²) in [6.07, 6.45) is -3.83. The SMILES string of the molecule is COc1ccc([C@@]23C(=O)N(Nc4ccc(Cl)cc4Cl)C(=O)[C@@H]2C[C@@H]2C(=CC[C@@H]4C(=O)N(c5cccc([N+](=O)[O-])c5)C(=O)[C@@H]42)[C@@H]3c2cc(OC(F)(F)F)ccc2O)cc1. The highest BCUT2D eigenvalue weighted by atomic mass is 35.5. The molecule has 18 heteroatoms. The summed E-state index contributed by atoms with van der Waals surface area (Å²) in [6, 6.07) is 18.2. The van der Waals surface area contributed by atoms with Crippen molar-refractivity contribution >= 4 is 63.9 Å². The van der Waals surface area contributed by atoms with Crippen LogP contribution in [0.15, 0.2) is 96.6 Å². The van der Waals surface area contributed by atoms with Crippen LogP contribution in [0.3, 0.4) is 0 Å². The summed E-state index contributed by atoms with van der Waals surface area (Å²) >= 11 is 12.6. The lowest BCUT2D eigenvalue weighted by Crippen LogP contribution is -2.53. The van der Waals surface area contributed by atoms with Crippen molar-refractivity contribution in [1.82, 2.24) is 5.01 Å². The summed E-state index contributed by atoms with van der Waals surface area (Å²) in [4.78, 5) is 70.7. The molecule has 4 aromatic rings. The quantitative estimate of drug-likeness (QED) is 0.0777. The Morgan fingerprint density at radius 3 is 2.31 bits per heavy atom. The lowest BCUT2D eigenvalue weighted by atomic mass is 9.49. The molecule has 2 N–H and O–H groups in total. The molecule has 0 radical (unpaired) electrons. The number of carbonyl (C=O) groups excluding carboxylic acids is 4. The van der Waals surface area contributed by atoms with Crippen LogP contribution in [0.4, 0.5) is 30.2 Å². The monoisotopic (exact) mass is 836 g/mol. The van der Waals surface area contributed by atoms with E-state index in [9.17, 15) is 42.8 Å². The number of anilines is 2. The highest BCUT2D eigenvalue weighted by Crippen LogP contribution is 2.65. The fraction of sp³-hybridized carbons (Fsp3) is 0.250. The first kappa shape index (κ1) is 38.7. The van der Waals surface area contributed by atoms with Crippen LogP contribution < -0.4 is 19.8 Å². The number of hydrazine groups is 1. The highest BCUT2D eigenvalue weighted by Gasteiger charge is 2.71. The van der Waals surface area contributed by atoms with Gasteiger partial charge in [0.2, 0.25) is 11.8 Å². The topological polar surface area (TPSA) is 169 Å². The smallest absolute Gasteiger partial charge is 0.508 e. The molecule has 4 aliphatic rings. The molecule has 58 heavy (non-hydrogen) atoms. The largest absolute Gasteiger partial charge is 0.573 e. The van der Waals surface area contributed by atoms with E-state index >= 15 is 4.79 Å². The van der Waals surface area contributed by atoms with Crippen molar-refractivity contribution in [3.63, 3.8) is 0 Å². The van der Waals surface area contributed by atoms with Gasteiger partial charge in [-0.25, -0.2) is 4.90 Å². The molecule has 0 unspecified atom stereocenters. The third-order valence-electron chi connectivity index (χ3n) is 11.4. The van der Waals surface area contributed by atoms with Gasteiger partial charge in [-0.1, -0.05) is 53.1 Å². The molecule has 2 aliphatic carbocycles. The van der Waals surface area contributed by atoms with E-state index in [1.165, 1.54) is 55.6 Å². The van der Waals surface area contributed by atoms with Gasteiger partial charge >= 0.3 is 6.36 Å². The number of phenolic OH excluding ortho intramolecular Hbond substituents is 1. The van der Waals surface area contributed by atoms with E-state index in [0.29, 0.717) is 11.3 Å². The summed E-state index contributed by atoms with van der Waals surface area (Å²) in [6.45, 7) is 0. The van der Waals surface area contributed by atoms with Crippen molar-refractivity contribution in [3.05, 3.63) is 128 Å². The summed E-state index contributed by atoms with van der Waals surface area (Å²) in [5.74, 6) is -9.92. The van der Waals surface area contributed by atoms with Gasteiger partial charge in [-0.15, -0.1) is 13.2 Å². The average molecular weight is 838 g/mol. The Labute approximate surface area is 336 Å². The molecule has 4 amide bonds. The number of hydrogen-bond donors (Lipinski definition) is 2. The van der Waals surface area contributed by atoms with Gasteiger partial charge in [0.1, 0.15) is 17.2 Å². The third-order valence-corrected chi connectivity index (χ3v) is 12.0. The van der Waals surface area contributed by atoms with Crippen molar-refractivity contribution in [1.29, 1.82) is 0 Å². The van der Waals surface area contributed by atoms with E-state index in [2.05, 4.69) is 10.2 Å². The van der Waals surface area contributed by atoms with E-state index in [4.69, 9.17) is 27.9 Å². The molecule has 2 saturated heterocycles. The van der Waals surface area contributed by atoms with Crippen molar-refractivity contribution in [2.75, 3.05) is 17.4 Å². The maximum Gasteiger partial charge on any atom is 0.573 e. The Morgan fingerprint density at radius 2 is 1.64 bits per heavy atom. The minimum absolute atomic E-state index is 0.0444. The van der Waals surface area contributed by atoms with Crippen LogP contribution in [0.5, 0.6) is 17.2 Å². The zero-order valence-corrected chi connectivity index (χ0v) is 31.4. The number of methoxy groups -OCH3 is 1. The number of halogens is 5. The predicted molar refractivity (Wildman–Crippen MR) is 201 cm³/mol. The predicted octanol–water partition coefficient (Wildman–Crippen LogP) is 7.70. The van der Waals surface area contributed by atoms with Crippen LogP contribution in [-0.2, 0) is 24.6 Å². The number of rotatable bonds is 8. The Bertz CT molecular complexity index is 2460. The number of carbonyl (C=O) groups is 4. The number of nitro groups is 1. The molecule has 2 aliphatic heterocycles. The molecule has 13 nitrogen and oxygen atoms in total. The molecule has 6 atom stereocenters.